The Balaban J connectivity index is 1.69. The number of carbonyl (C=O) groups excluding carboxylic acids is 2. The molecule has 3 rings (SSSR count). The second kappa shape index (κ2) is 11.2. The summed E-state index contributed by atoms with van der Waals surface area (Å²) in [6, 6.07) is 6.43. The molecule has 0 spiro atoms. The van der Waals surface area contributed by atoms with Crippen LogP contribution in [0.1, 0.15) is 44.2 Å². The third kappa shape index (κ3) is 6.95. The van der Waals surface area contributed by atoms with Crippen molar-refractivity contribution in [1.29, 1.82) is 0 Å². The van der Waals surface area contributed by atoms with Crippen molar-refractivity contribution in [2.24, 2.45) is 0 Å². The molecule has 4 N–H and O–H groups in total. The quantitative estimate of drug-likeness (QED) is 0.563. The number of likely N-dealkylation sites (tertiary alicyclic amines) is 1. The number of pyridine rings is 1. The molecule has 0 aliphatic carbocycles. The van der Waals surface area contributed by atoms with Gasteiger partial charge in [-0.1, -0.05) is 18.6 Å². The van der Waals surface area contributed by atoms with Gasteiger partial charge in [0.2, 0.25) is 11.8 Å². The van der Waals surface area contributed by atoms with Crippen LogP contribution in [0.2, 0.25) is 0 Å². The minimum Gasteiger partial charge on any atom is -0.384 e. The Labute approximate surface area is 192 Å². The zero-order valence-electron chi connectivity index (χ0n) is 19.0. The first-order chi connectivity index (χ1) is 15.7. The average Bonchev–Trinajstić information content (AvgIpc) is 2.78. The van der Waals surface area contributed by atoms with Crippen molar-refractivity contribution in [3.8, 4) is 0 Å². The number of benzene rings is 1. The summed E-state index contributed by atoms with van der Waals surface area (Å²) >= 11 is 0. The highest BCUT2D eigenvalue weighted by molar-refractivity contribution is 5.88. The minimum absolute atomic E-state index is 0.0276. The van der Waals surface area contributed by atoms with Crippen LogP contribution in [-0.2, 0) is 22.6 Å². The number of nitrogens with zero attached hydrogens (tertiary/aromatic N) is 2. The smallest absolute Gasteiger partial charge is 0.243 e. The molecule has 1 aromatic heterocycles. The highest BCUT2D eigenvalue weighted by Crippen LogP contribution is 2.22. The lowest BCUT2D eigenvalue weighted by Gasteiger charge is -2.38. The second-order valence-electron chi connectivity index (χ2n) is 8.68. The number of nitrogens with two attached hydrogens (primary N) is 1. The van der Waals surface area contributed by atoms with Gasteiger partial charge in [0.1, 0.15) is 11.9 Å². The number of carbonyl (C=O) groups is 2. The molecule has 1 aromatic carbocycles. The first kappa shape index (κ1) is 24.6. The average molecular weight is 460 g/mol. The fourth-order valence-corrected chi connectivity index (χ4v) is 4.16. The largest absolute Gasteiger partial charge is 0.384 e. The van der Waals surface area contributed by atoms with Gasteiger partial charge in [-0.15, -0.1) is 0 Å². The molecule has 9 heteroatoms. The van der Waals surface area contributed by atoms with Crippen LogP contribution in [0.5, 0.6) is 0 Å². The maximum Gasteiger partial charge on any atom is 0.243 e. The van der Waals surface area contributed by atoms with Crippen molar-refractivity contribution >= 4 is 17.6 Å². The third-order valence-corrected chi connectivity index (χ3v) is 6.09. The van der Waals surface area contributed by atoms with Crippen LogP contribution in [0.15, 0.2) is 36.5 Å². The topological polar surface area (TPSA) is 100 Å². The summed E-state index contributed by atoms with van der Waals surface area (Å²) in [4.78, 5) is 31.9. The van der Waals surface area contributed by atoms with Crippen LogP contribution in [0, 0.1) is 11.6 Å². The van der Waals surface area contributed by atoms with Gasteiger partial charge in [-0.3, -0.25) is 14.5 Å². The van der Waals surface area contributed by atoms with E-state index >= 15 is 0 Å². The van der Waals surface area contributed by atoms with Gasteiger partial charge in [-0.05, 0) is 56.0 Å². The standard InChI is InChI=1S/C24H31F2N5O2/c1-15-4-3-5-16(2)31(15)14-23(32)30-21(11-17-6-8-19(25)20(26)10-17)24(33)29-13-18-7-9-22(27)28-12-18/h6-10,12,15-16,21H,3-5,11,13-14H2,1-2H3,(H2,27,28)(H,29,33)(H,30,32)/t15?,16?,21-/m0/s1. The van der Waals surface area contributed by atoms with E-state index in [0.717, 1.165) is 37.0 Å². The Bertz CT molecular complexity index is 960. The predicted octanol–water partition coefficient (Wildman–Crippen LogP) is 2.55. The Kier molecular flexibility index (Phi) is 8.32. The maximum absolute atomic E-state index is 13.7. The fraction of sp³-hybridized carbons (Fsp3) is 0.458. The van der Waals surface area contributed by atoms with Crippen LogP contribution in [0.3, 0.4) is 0 Å². The lowest BCUT2D eigenvalue weighted by molar-refractivity contribution is -0.130. The van der Waals surface area contributed by atoms with Gasteiger partial charge in [0.05, 0.1) is 6.54 Å². The summed E-state index contributed by atoms with van der Waals surface area (Å²) in [6.07, 6.45) is 4.75. The van der Waals surface area contributed by atoms with Crippen molar-refractivity contribution in [2.75, 3.05) is 12.3 Å². The molecule has 1 fully saturated rings. The van der Waals surface area contributed by atoms with Crippen molar-refractivity contribution in [2.45, 2.75) is 64.2 Å². The first-order valence-electron chi connectivity index (χ1n) is 11.2. The Morgan fingerprint density at radius 3 is 2.45 bits per heavy atom. The molecule has 1 aliphatic rings. The number of anilines is 1. The molecule has 178 valence electrons. The SMILES string of the molecule is CC1CCCC(C)N1CC(=O)N[C@@H](Cc1ccc(F)c(F)c1)C(=O)NCc1ccc(N)nc1. The highest BCUT2D eigenvalue weighted by atomic mass is 19.2. The van der Waals surface area contributed by atoms with Crippen LogP contribution in [-0.4, -0.2) is 46.4 Å². The van der Waals surface area contributed by atoms with Crippen LogP contribution < -0.4 is 16.4 Å². The summed E-state index contributed by atoms with van der Waals surface area (Å²) in [6.45, 7) is 4.55. The van der Waals surface area contributed by atoms with E-state index < -0.39 is 23.6 Å². The van der Waals surface area contributed by atoms with Crippen molar-refractivity contribution < 1.29 is 18.4 Å². The number of aromatic nitrogens is 1. The van der Waals surface area contributed by atoms with Gasteiger partial charge in [-0.2, -0.15) is 0 Å². The van der Waals surface area contributed by atoms with Crippen molar-refractivity contribution in [1.82, 2.24) is 20.5 Å². The summed E-state index contributed by atoms with van der Waals surface area (Å²) in [5, 5.41) is 5.56. The van der Waals surface area contributed by atoms with Crippen LogP contribution in [0.25, 0.3) is 0 Å². The van der Waals surface area contributed by atoms with Crippen LogP contribution >= 0.6 is 0 Å². The molecule has 1 aliphatic heterocycles. The normalized spacial score (nSPS) is 19.6. The molecule has 0 radical (unpaired) electrons. The summed E-state index contributed by atoms with van der Waals surface area (Å²) in [5.41, 5.74) is 6.73. The van der Waals surface area contributed by atoms with Crippen LogP contribution in [0.4, 0.5) is 14.6 Å². The van der Waals surface area contributed by atoms with E-state index in [0.29, 0.717) is 11.4 Å². The molecule has 2 heterocycles. The number of halogens is 2. The van der Waals surface area contributed by atoms with Gasteiger partial charge in [0, 0.05) is 31.2 Å². The molecule has 2 unspecified atom stereocenters. The van der Waals surface area contributed by atoms with E-state index in [-0.39, 0.29) is 37.5 Å². The summed E-state index contributed by atoms with van der Waals surface area (Å²) in [7, 11) is 0. The lowest BCUT2D eigenvalue weighted by atomic mass is 9.97. The molecule has 7 nitrogen and oxygen atoms in total. The van der Waals surface area contributed by atoms with E-state index in [1.54, 1.807) is 18.3 Å². The summed E-state index contributed by atoms with van der Waals surface area (Å²) in [5.74, 6) is -2.30. The van der Waals surface area contributed by atoms with E-state index in [2.05, 4.69) is 34.4 Å². The first-order valence-corrected chi connectivity index (χ1v) is 11.2. The molecule has 3 atom stereocenters. The van der Waals surface area contributed by atoms with E-state index in [1.807, 2.05) is 0 Å². The Morgan fingerprint density at radius 2 is 1.82 bits per heavy atom. The maximum atomic E-state index is 13.7. The van der Waals surface area contributed by atoms with E-state index in [9.17, 15) is 18.4 Å². The van der Waals surface area contributed by atoms with Gasteiger partial charge in [0.15, 0.2) is 11.6 Å². The Morgan fingerprint density at radius 1 is 1.12 bits per heavy atom. The van der Waals surface area contributed by atoms with Crippen molar-refractivity contribution in [3.63, 3.8) is 0 Å². The third-order valence-electron chi connectivity index (χ3n) is 6.09. The zero-order chi connectivity index (χ0) is 24.0. The second-order valence-corrected chi connectivity index (χ2v) is 8.68. The molecule has 2 amide bonds. The predicted molar refractivity (Wildman–Crippen MR) is 122 cm³/mol. The number of hydrogen-bond acceptors (Lipinski definition) is 5. The van der Waals surface area contributed by atoms with Crippen molar-refractivity contribution in [3.05, 3.63) is 59.3 Å². The highest BCUT2D eigenvalue weighted by Gasteiger charge is 2.28. The van der Waals surface area contributed by atoms with Gasteiger partial charge in [-0.25, -0.2) is 13.8 Å². The minimum atomic E-state index is -0.998. The number of nitrogens with one attached hydrogen (secondary N) is 2. The number of rotatable bonds is 8. The summed E-state index contributed by atoms with van der Waals surface area (Å²) < 4.78 is 27.0. The molecule has 2 aromatic rings. The lowest BCUT2D eigenvalue weighted by Crippen LogP contribution is -2.53. The number of piperidine rings is 1. The number of nitrogen functional groups attached to an aromatic ring is 1. The molecule has 1 saturated heterocycles. The van der Waals surface area contributed by atoms with Gasteiger partial charge < -0.3 is 16.4 Å². The Hall–Kier alpha value is -3.07. The number of hydrogen-bond donors (Lipinski definition) is 3. The van der Waals surface area contributed by atoms with E-state index in [4.69, 9.17) is 5.73 Å². The zero-order valence-corrected chi connectivity index (χ0v) is 19.0. The molecular formula is C24H31F2N5O2. The van der Waals surface area contributed by atoms with Gasteiger partial charge >= 0.3 is 0 Å². The number of amides is 2. The fourth-order valence-electron chi connectivity index (χ4n) is 4.16. The molecular weight excluding hydrogens is 428 g/mol. The molecule has 0 saturated carbocycles. The molecule has 33 heavy (non-hydrogen) atoms. The monoisotopic (exact) mass is 459 g/mol. The van der Waals surface area contributed by atoms with Gasteiger partial charge in [0.25, 0.3) is 0 Å². The van der Waals surface area contributed by atoms with E-state index in [1.165, 1.54) is 6.07 Å². The molecule has 0 bridgehead atoms.